The number of nitrogens with one attached hydrogen (secondary N) is 7. The highest BCUT2D eigenvalue weighted by molar-refractivity contribution is 7.99. The van der Waals surface area contributed by atoms with Crippen molar-refractivity contribution < 1.29 is 86.9 Å². The number of piperidine rings is 1. The molecule has 4 aliphatic heterocycles. The van der Waals surface area contributed by atoms with Gasteiger partial charge in [0, 0.05) is 97.5 Å². The predicted octanol–water partition coefficient (Wildman–Crippen LogP) is -1.42. The van der Waals surface area contributed by atoms with Crippen molar-refractivity contribution in [3.63, 3.8) is 0 Å². The molecule has 2 saturated heterocycles. The number of H-pyrrole nitrogens is 1. The molecule has 2 bridgehead atoms. The van der Waals surface area contributed by atoms with E-state index >= 15 is 9.00 Å². The van der Waals surface area contributed by atoms with Gasteiger partial charge in [-0.15, -0.1) is 0 Å². The lowest BCUT2D eigenvalue weighted by Gasteiger charge is -2.32. The number of thioether (sulfide) groups is 1. The molecule has 28 nitrogen and oxygen atoms in total. The molecule has 492 valence electrons. The second kappa shape index (κ2) is 33.2. The maximum atomic E-state index is 15.4. The highest BCUT2D eigenvalue weighted by Crippen LogP contribution is 2.39. The molecule has 2 unspecified atom stereocenters. The van der Waals surface area contributed by atoms with Crippen LogP contribution in [0.4, 0.5) is 0 Å². The van der Waals surface area contributed by atoms with Crippen molar-refractivity contribution >= 4 is 104 Å². The summed E-state index contributed by atoms with van der Waals surface area (Å²) in [5.74, 6) is -14.7. The Morgan fingerprint density at radius 3 is 2.27 bits per heavy atom. The number of fused-ring (bicyclic) bond motifs is 5. The fourth-order valence-electron chi connectivity index (χ4n) is 11.7. The van der Waals surface area contributed by atoms with E-state index in [0.29, 0.717) is 86.8 Å². The van der Waals surface area contributed by atoms with Crippen LogP contribution in [0.5, 0.6) is 5.75 Å². The smallest absolute Gasteiger partial charge is 0.304 e. The van der Waals surface area contributed by atoms with Crippen LogP contribution < -0.4 is 42.4 Å². The van der Waals surface area contributed by atoms with Crippen molar-refractivity contribution in [3.05, 3.63) is 23.3 Å². The summed E-state index contributed by atoms with van der Waals surface area (Å²) in [6.07, 6.45) is -2.19. The van der Waals surface area contributed by atoms with Crippen LogP contribution >= 0.6 is 11.8 Å². The van der Waals surface area contributed by atoms with Crippen molar-refractivity contribution in [1.29, 1.82) is 0 Å². The first-order chi connectivity index (χ1) is 42.2. The van der Waals surface area contributed by atoms with Crippen LogP contribution in [0.1, 0.15) is 116 Å². The highest BCUT2D eigenvalue weighted by atomic mass is 32.2. The number of primary amides is 1. The number of Topliss-reactive ketones (excluding diaryl/α,β-unsaturated/α-hetero) is 2. The standard InChI is InChI=1S/C59H86N10O18S2/c1-6-30(2)38-21-34(71)24-62-54(81)33-19-39-37-11-12-46(87-5)40(28-88-36-13-16-68(17-14-36)49(77)10-8-7-9-15-61-53(80)31(3)18-50(78)79)52(37)67-58(39)89(86)29-42(64-48(76)25-63-55(38)82)56(83)65-41(23-47(60)75)59(85)69-26-35(72)22-43(69)57(84)66-51(44(73)20-33)32(4)45(74)27-70/h11-12,30-33,35-36,38,41-43,45,51,67,70,72,74H,6-10,13-29H2,1-5H3,(H2,60,75)(H,61,80)(H,62,81)(H,63,82)(H,64,76)(H,65,83)(H,66,84)(H,78,79)/t30-,31?,32-,33+,35+,38-,41-,42-,43-,45-,51-,89?/m0/s1. The Kier molecular flexibility index (Phi) is 26.5. The number of likely N-dealkylation sites (tertiary alicyclic amines) is 1. The predicted molar refractivity (Wildman–Crippen MR) is 323 cm³/mol. The average Bonchev–Trinajstić information content (AvgIpc) is 1.73. The number of carboxylic acid groups (broad SMARTS) is 1. The molecule has 0 spiro atoms. The number of amides is 9. The van der Waals surface area contributed by atoms with Gasteiger partial charge in [-0.05, 0) is 55.7 Å². The summed E-state index contributed by atoms with van der Waals surface area (Å²) in [4.78, 5) is 170. The molecule has 5 heterocycles. The van der Waals surface area contributed by atoms with Crippen LogP contribution in [0, 0.1) is 29.6 Å². The molecular formula is C59H86N10O18S2. The number of benzene rings is 1. The molecule has 12 atom stereocenters. The third kappa shape index (κ3) is 19.3. The van der Waals surface area contributed by atoms with Gasteiger partial charge in [0.15, 0.2) is 11.6 Å². The van der Waals surface area contributed by atoms with Crippen molar-refractivity contribution in [3.8, 4) is 5.75 Å². The Balaban J connectivity index is 1.40. The number of carboxylic acids is 1. The minimum atomic E-state index is -2.42. The lowest BCUT2D eigenvalue weighted by molar-refractivity contribution is -0.144. The molecular weight excluding hydrogens is 1200 g/mol. The molecule has 30 heteroatoms. The third-order valence-corrected chi connectivity index (χ3v) is 20.0. The molecule has 4 aliphatic rings. The monoisotopic (exact) mass is 1290 g/mol. The Morgan fingerprint density at radius 1 is 0.899 bits per heavy atom. The van der Waals surface area contributed by atoms with Gasteiger partial charge in [0.05, 0.1) is 80.0 Å². The summed E-state index contributed by atoms with van der Waals surface area (Å²) in [7, 11) is -0.966. The van der Waals surface area contributed by atoms with E-state index in [4.69, 9.17) is 15.6 Å². The van der Waals surface area contributed by atoms with Gasteiger partial charge in [-0.2, -0.15) is 11.8 Å². The number of aliphatic hydroxyl groups is 3. The molecule has 2 aromatic rings. The fraction of sp³-hybridized carbons (Fsp3) is 0.661. The molecule has 0 radical (unpaired) electrons. The van der Waals surface area contributed by atoms with Gasteiger partial charge >= 0.3 is 5.97 Å². The number of ketones is 2. The topological polar surface area (TPSA) is 433 Å². The van der Waals surface area contributed by atoms with Crippen molar-refractivity contribution in [1.82, 2.24) is 46.7 Å². The number of aromatic nitrogens is 1. The van der Waals surface area contributed by atoms with E-state index in [1.807, 2.05) is 4.90 Å². The van der Waals surface area contributed by atoms with E-state index in [0.717, 1.165) is 4.90 Å². The summed E-state index contributed by atoms with van der Waals surface area (Å²) in [5, 5.41) is 56.7. The van der Waals surface area contributed by atoms with Gasteiger partial charge in [0.1, 0.15) is 28.9 Å². The number of methoxy groups -OCH3 is 1. The van der Waals surface area contributed by atoms with Crippen molar-refractivity contribution in [2.24, 2.45) is 35.3 Å². The number of aliphatic hydroxyl groups excluding tert-OH is 3. The van der Waals surface area contributed by atoms with Crippen LogP contribution in [0.25, 0.3) is 10.9 Å². The molecule has 89 heavy (non-hydrogen) atoms. The van der Waals surface area contributed by atoms with E-state index in [9.17, 15) is 68.1 Å². The summed E-state index contributed by atoms with van der Waals surface area (Å²) >= 11 is 1.58. The zero-order valence-corrected chi connectivity index (χ0v) is 52.6. The summed E-state index contributed by atoms with van der Waals surface area (Å²) < 4.78 is 21.3. The number of carbonyl (C=O) groups is 12. The Labute approximate surface area is 522 Å². The molecule has 0 aliphatic carbocycles. The Morgan fingerprint density at radius 2 is 1.61 bits per heavy atom. The van der Waals surface area contributed by atoms with E-state index < -0.39 is 193 Å². The first-order valence-corrected chi connectivity index (χ1v) is 32.6. The fourth-order valence-corrected chi connectivity index (χ4v) is 14.3. The number of ether oxygens (including phenoxy) is 1. The number of nitrogens with zero attached hydrogens (tertiary/aromatic N) is 2. The molecule has 6 rings (SSSR count). The van der Waals surface area contributed by atoms with Gasteiger partial charge < -0.3 is 77.6 Å². The van der Waals surface area contributed by atoms with Gasteiger partial charge in [0.2, 0.25) is 53.2 Å². The number of hydrogen-bond donors (Lipinski definition) is 12. The number of carbonyl (C=O) groups excluding carboxylic acids is 11. The highest BCUT2D eigenvalue weighted by Gasteiger charge is 2.45. The average molecular weight is 1290 g/mol. The number of aromatic amines is 1. The maximum absolute atomic E-state index is 15.4. The Hall–Kier alpha value is -7.02. The van der Waals surface area contributed by atoms with E-state index in [1.54, 1.807) is 44.7 Å². The zero-order chi connectivity index (χ0) is 65.4. The van der Waals surface area contributed by atoms with Crippen molar-refractivity contribution in [2.75, 3.05) is 58.7 Å². The molecule has 2 fully saturated rings. The van der Waals surface area contributed by atoms with E-state index in [2.05, 4.69) is 36.9 Å². The van der Waals surface area contributed by atoms with Gasteiger partial charge in [0.25, 0.3) is 0 Å². The molecule has 0 saturated carbocycles. The van der Waals surface area contributed by atoms with Gasteiger partial charge in [-0.25, -0.2) is 0 Å². The first kappa shape index (κ1) is 71.1. The Bertz CT molecular complexity index is 2990. The molecule has 1 aromatic heterocycles. The minimum absolute atomic E-state index is 0.00461. The van der Waals surface area contributed by atoms with Gasteiger partial charge in [-0.1, -0.05) is 40.5 Å². The largest absolute Gasteiger partial charge is 0.496 e. The second-order valence-corrected chi connectivity index (χ2v) is 26.4. The minimum Gasteiger partial charge on any atom is -0.496 e. The lowest BCUT2D eigenvalue weighted by Crippen LogP contribution is -2.60. The number of aliphatic carboxylic acids is 1. The zero-order valence-electron chi connectivity index (χ0n) is 50.9. The van der Waals surface area contributed by atoms with Crippen LogP contribution in [-0.2, 0) is 80.5 Å². The SMILES string of the molecule is CC[C@H](C)[C@@H]1CC(=O)CNC(=O)[C@H]2CC(=O)[C@H]([C@@H](C)[C@@H](O)CO)NC(=O)[C@@H]3C[C@@H](O)CN3C(=O)[C@H](CC(N)=O)NC(=O)[C@H](CS(=O)c3[nH]c4c(CSC5CCN(C(=O)CCCCCNC(=O)C(C)CC(=O)O)CC5)c(OC)ccc4c3C2)NC(=O)CNC1=O. The lowest BCUT2D eigenvalue weighted by atomic mass is 9.85. The van der Waals surface area contributed by atoms with Crippen LogP contribution in [-0.4, -0.2) is 210 Å². The number of nitrogens with two attached hydrogens (primary N) is 1. The maximum Gasteiger partial charge on any atom is 0.304 e. The molecule has 13 N–H and O–H groups in total. The summed E-state index contributed by atoms with van der Waals surface area (Å²) in [6.45, 7) is 4.97. The van der Waals surface area contributed by atoms with Crippen molar-refractivity contribution in [2.45, 2.75) is 164 Å². The second-order valence-electron chi connectivity index (χ2n) is 23.7. The van der Waals surface area contributed by atoms with Crippen LogP contribution in [0.3, 0.4) is 0 Å². The number of unbranched alkanes of at least 4 members (excludes halogenated alkanes) is 2. The quantitative estimate of drug-likeness (QED) is 0.0677. The molecule has 1 aromatic carbocycles. The number of hydrogen-bond acceptors (Lipinski definition) is 18. The number of rotatable bonds is 20. The summed E-state index contributed by atoms with van der Waals surface area (Å²) in [6, 6.07) is -3.66. The van der Waals surface area contributed by atoms with Crippen LogP contribution in [0.2, 0.25) is 0 Å². The van der Waals surface area contributed by atoms with Crippen LogP contribution in [0.15, 0.2) is 17.2 Å². The summed E-state index contributed by atoms with van der Waals surface area (Å²) in [5.41, 5.74) is 6.75. The van der Waals surface area contributed by atoms with E-state index in [1.165, 1.54) is 14.0 Å². The van der Waals surface area contributed by atoms with E-state index in [-0.39, 0.29) is 46.2 Å². The normalized spacial score (nSPS) is 25.5. The first-order valence-electron chi connectivity index (χ1n) is 30.3. The van der Waals surface area contributed by atoms with Gasteiger partial charge in [-0.3, -0.25) is 61.7 Å². The molecule has 9 amide bonds. The third-order valence-electron chi connectivity index (χ3n) is 17.2.